The van der Waals surface area contributed by atoms with Crippen molar-refractivity contribution in [3.8, 4) is 11.5 Å². The Labute approximate surface area is 153 Å². The van der Waals surface area contributed by atoms with Crippen LogP contribution in [0.15, 0.2) is 48.5 Å². The first-order chi connectivity index (χ1) is 12.5. The number of methoxy groups -OCH3 is 1. The van der Waals surface area contributed by atoms with Crippen molar-refractivity contribution < 1.29 is 18.7 Å². The van der Waals surface area contributed by atoms with Gasteiger partial charge in [-0.15, -0.1) is 0 Å². The molecule has 0 unspecified atom stereocenters. The number of halogens is 1. The van der Waals surface area contributed by atoms with Gasteiger partial charge in [-0.1, -0.05) is 30.3 Å². The van der Waals surface area contributed by atoms with E-state index in [4.69, 9.17) is 9.47 Å². The Morgan fingerprint density at radius 1 is 1.00 bits per heavy atom. The first-order valence-corrected chi connectivity index (χ1v) is 8.43. The summed E-state index contributed by atoms with van der Waals surface area (Å²) in [5.41, 5.74) is 0.483. The minimum Gasteiger partial charge on any atom is -0.493 e. The van der Waals surface area contributed by atoms with E-state index in [1.807, 2.05) is 31.1 Å². The average molecular weight is 360 g/mol. The lowest BCUT2D eigenvalue weighted by atomic mass is 10.2. The molecule has 1 amide bonds. The van der Waals surface area contributed by atoms with Crippen molar-refractivity contribution in [2.75, 3.05) is 40.9 Å². The van der Waals surface area contributed by atoms with E-state index in [0.717, 1.165) is 0 Å². The van der Waals surface area contributed by atoms with Gasteiger partial charge in [-0.25, -0.2) is 4.39 Å². The Bertz CT molecular complexity index is 722. The molecule has 5 nitrogen and oxygen atoms in total. The molecule has 140 valence electrons. The maximum absolute atomic E-state index is 14.0. The second-order valence-electron chi connectivity index (χ2n) is 6.15. The van der Waals surface area contributed by atoms with Crippen LogP contribution in [0.2, 0.25) is 0 Å². The molecule has 0 spiro atoms. The van der Waals surface area contributed by atoms with Crippen molar-refractivity contribution >= 4 is 5.91 Å². The number of likely N-dealkylation sites (N-methyl/N-ethyl adjacent to an activating group) is 1. The van der Waals surface area contributed by atoms with Crippen molar-refractivity contribution in [2.24, 2.45) is 0 Å². The van der Waals surface area contributed by atoms with Gasteiger partial charge in [0, 0.05) is 25.2 Å². The molecule has 0 saturated carbocycles. The Balaban J connectivity index is 2.06. The molecule has 0 atom stereocenters. The average Bonchev–Trinajstić information content (AvgIpc) is 2.64. The van der Waals surface area contributed by atoms with Crippen molar-refractivity contribution in [1.29, 1.82) is 0 Å². The van der Waals surface area contributed by atoms with Gasteiger partial charge in [0.05, 0.1) is 7.11 Å². The largest absolute Gasteiger partial charge is 0.493 e. The molecule has 26 heavy (non-hydrogen) atoms. The zero-order chi connectivity index (χ0) is 18.9. The van der Waals surface area contributed by atoms with E-state index in [0.29, 0.717) is 30.2 Å². The zero-order valence-electron chi connectivity index (χ0n) is 15.4. The molecule has 2 aromatic rings. The van der Waals surface area contributed by atoms with Crippen molar-refractivity contribution in [3.63, 3.8) is 0 Å². The molecule has 0 aliphatic rings. The summed E-state index contributed by atoms with van der Waals surface area (Å²) < 4.78 is 24.8. The summed E-state index contributed by atoms with van der Waals surface area (Å²) in [5, 5.41) is 0. The van der Waals surface area contributed by atoms with E-state index >= 15 is 0 Å². The molecule has 0 aliphatic carbocycles. The molecular formula is C20H25FN2O3. The highest BCUT2D eigenvalue weighted by molar-refractivity contribution is 5.78. The van der Waals surface area contributed by atoms with Gasteiger partial charge in [-0.2, -0.15) is 0 Å². The number of hydrogen-bond acceptors (Lipinski definition) is 4. The van der Waals surface area contributed by atoms with Crippen LogP contribution in [-0.2, 0) is 11.3 Å². The van der Waals surface area contributed by atoms with Crippen LogP contribution in [0.4, 0.5) is 4.39 Å². The summed E-state index contributed by atoms with van der Waals surface area (Å²) in [5.74, 6) is 0.540. The Kier molecular flexibility index (Phi) is 7.41. The van der Waals surface area contributed by atoms with E-state index in [1.165, 1.54) is 6.07 Å². The highest BCUT2D eigenvalue weighted by atomic mass is 19.1. The number of rotatable bonds is 9. The number of carbonyl (C=O) groups is 1. The Hall–Kier alpha value is -2.60. The summed E-state index contributed by atoms with van der Waals surface area (Å²) in [6.45, 7) is 1.22. The summed E-state index contributed by atoms with van der Waals surface area (Å²) in [6.07, 6.45) is 0. The highest BCUT2D eigenvalue weighted by Crippen LogP contribution is 2.25. The number of ether oxygens (including phenoxy) is 2. The van der Waals surface area contributed by atoms with Crippen molar-refractivity contribution in [1.82, 2.24) is 9.80 Å². The third kappa shape index (κ3) is 5.74. The van der Waals surface area contributed by atoms with Crippen LogP contribution >= 0.6 is 0 Å². The molecule has 0 heterocycles. The highest BCUT2D eigenvalue weighted by Gasteiger charge is 2.17. The zero-order valence-corrected chi connectivity index (χ0v) is 15.4. The van der Waals surface area contributed by atoms with Gasteiger partial charge in [0.2, 0.25) is 0 Å². The Morgan fingerprint density at radius 2 is 1.65 bits per heavy atom. The summed E-state index contributed by atoms with van der Waals surface area (Å²) in [6, 6.07) is 13.6. The van der Waals surface area contributed by atoms with Crippen LogP contribution < -0.4 is 9.47 Å². The molecular weight excluding hydrogens is 335 g/mol. The second-order valence-corrected chi connectivity index (χ2v) is 6.15. The number of amides is 1. The van der Waals surface area contributed by atoms with Crippen LogP contribution in [0.3, 0.4) is 0 Å². The predicted molar refractivity (Wildman–Crippen MR) is 98.9 cm³/mol. The van der Waals surface area contributed by atoms with Gasteiger partial charge < -0.3 is 19.3 Å². The monoisotopic (exact) mass is 360 g/mol. The quantitative estimate of drug-likeness (QED) is 0.690. The normalized spacial score (nSPS) is 10.7. The lowest BCUT2D eigenvalue weighted by Gasteiger charge is -2.25. The molecule has 0 N–H and O–H groups in total. The number of carbonyl (C=O) groups excluding carboxylic acids is 1. The van der Waals surface area contributed by atoms with Crippen LogP contribution in [-0.4, -0.2) is 56.6 Å². The fourth-order valence-corrected chi connectivity index (χ4v) is 2.41. The number of para-hydroxylation sites is 2. The van der Waals surface area contributed by atoms with E-state index in [2.05, 4.69) is 0 Å². The lowest BCUT2D eigenvalue weighted by molar-refractivity contribution is -0.134. The topological polar surface area (TPSA) is 42.0 Å². The maximum Gasteiger partial charge on any atom is 0.260 e. The molecule has 0 fully saturated rings. The first-order valence-electron chi connectivity index (χ1n) is 8.43. The first kappa shape index (κ1) is 19.7. The maximum atomic E-state index is 14.0. The van der Waals surface area contributed by atoms with Crippen LogP contribution in [0.5, 0.6) is 11.5 Å². The van der Waals surface area contributed by atoms with Crippen LogP contribution in [0, 0.1) is 5.82 Å². The molecule has 0 aromatic heterocycles. The molecule has 2 rings (SSSR count). The van der Waals surface area contributed by atoms with Gasteiger partial charge in [0.1, 0.15) is 5.82 Å². The van der Waals surface area contributed by atoms with Crippen molar-refractivity contribution in [3.05, 3.63) is 59.9 Å². The predicted octanol–water partition coefficient (Wildman–Crippen LogP) is 2.80. The van der Waals surface area contributed by atoms with E-state index in [1.54, 1.807) is 42.3 Å². The minimum absolute atomic E-state index is 0.137. The SMILES string of the molecule is COc1ccccc1OCC(=O)N(CCN(C)C)Cc1ccccc1F. The second kappa shape index (κ2) is 9.77. The standard InChI is InChI=1S/C20H25FN2O3/c1-22(2)12-13-23(14-16-8-4-5-9-17(16)21)20(24)15-26-19-11-7-6-10-18(19)25-3/h4-11H,12-15H2,1-3H3. The van der Waals surface area contributed by atoms with Gasteiger partial charge >= 0.3 is 0 Å². The molecule has 2 aromatic carbocycles. The Morgan fingerprint density at radius 3 is 2.31 bits per heavy atom. The molecule has 0 radical (unpaired) electrons. The third-order valence-electron chi connectivity index (χ3n) is 3.91. The van der Waals surface area contributed by atoms with Crippen molar-refractivity contribution in [2.45, 2.75) is 6.54 Å². The molecule has 0 saturated heterocycles. The van der Waals surface area contributed by atoms with E-state index in [-0.39, 0.29) is 24.9 Å². The molecule has 0 aliphatic heterocycles. The number of nitrogens with zero attached hydrogens (tertiary/aromatic N) is 2. The van der Waals surface area contributed by atoms with Crippen LogP contribution in [0.25, 0.3) is 0 Å². The summed E-state index contributed by atoms with van der Waals surface area (Å²) in [7, 11) is 5.40. The fraction of sp³-hybridized carbons (Fsp3) is 0.350. The van der Waals surface area contributed by atoms with Gasteiger partial charge in [0.15, 0.2) is 18.1 Å². The minimum atomic E-state index is -0.319. The summed E-state index contributed by atoms with van der Waals surface area (Å²) >= 11 is 0. The fourth-order valence-electron chi connectivity index (χ4n) is 2.41. The van der Waals surface area contributed by atoms with E-state index < -0.39 is 0 Å². The lowest BCUT2D eigenvalue weighted by Crippen LogP contribution is -2.39. The van der Waals surface area contributed by atoms with Gasteiger partial charge in [-0.3, -0.25) is 4.79 Å². The smallest absolute Gasteiger partial charge is 0.260 e. The van der Waals surface area contributed by atoms with Gasteiger partial charge in [-0.05, 0) is 32.3 Å². The van der Waals surface area contributed by atoms with Gasteiger partial charge in [0.25, 0.3) is 5.91 Å². The number of benzene rings is 2. The molecule has 6 heteroatoms. The molecule has 0 bridgehead atoms. The van der Waals surface area contributed by atoms with Crippen LogP contribution in [0.1, 0.15) is 5.56 Å². The van der Waals surface area contributed by atoms with E-state index in [9.17, 15) is 9.18 Å². The third-order valence-corrected chi connectivity index (χ3v) is 3.91. The number of hydrogen-bond donors (Lipinski definition) is 0. The summed E-state index contributed by atoms with van der Waals surface area (Å²) in [4.78, 5) is 16.2.